The van der Waals surface area contributed by atoms with Crippen molar-refractivity contribution in [1.82, 2.24) is 9.97 Å². The summed E-state index contributed by atoms with van der Waals surface area (Å²) in [7, 11) is 0. The second-order valence-electron chi connectivity index (χ2n) is 4.05. The van der Waals surface area contributed by atoms with Crippen LogP contribution in [-0.4, -0.2) is 21.0 Å². The second kappa shape index (κ2) is 5.34. The minimum Gasteiger partial charge on any atom is -0.477 e. The fourth-order valence-electron chi connectivity index (χ4n) is 1.80. The highest BCUT2D eigenvalue weighted by Crippen LogP contribution is 2.26. The molecule has 0 atom stereocenters. The smallest absolute Gasteiger partial charge is 0.354 e. The summed E-state index contributed by atoms with van der Waals surface area (Å²) in [4.78, 5) is 19.3. The molecule has 100 valence electrons. The van der Waals surface area contributed by atoms with Crippen molar-refractivity contribution in [3.8, 4) is 0 Å². The van der Waals surface area contributed by atoms with Gasteiger partial charge in [-0.25, -0.2) is 14.8 Å². The topological polar surface area (TPSA) is 76.2 Å². The fourth-order valence-corrected chi connectivity index (χ4v) is 2.62. The van der Waals surface area contributed by atoms with E-state index in [9.17, 15) is 4.79 Å². The van der Waals surface area contributed by atoms with Gasteiger partial charge >= 0.3 is 5.97 Å². The summed E-state index contributed by atoms with van der Waals surface area (Å²) < 4.78 is 5.57. The van der Waals surface area contributed by atoms with Crippen LogP contribution in [-0.2, 0) is 5.75 Å². The van der Waals surface area contributed by atoms with Crippen LogP contribution in [0.25, 0.3) is 11.1 Å². The van der Waals surface area contributed by atoms with E-state index in [0.29, 0.717) is 16.5 Å². The van der Waals surface area contributed by atoms with Crippen molar-refractivity contribution in [2.45, 2.75) is 11.0 Å². The minimum absolute atomic E-state index is 0.0658. The number of carboxylic acids is 1. The predicted molar refractivity (Wildman–Crippen MR) is 74.8 cm³/mol. The van der Waals surface area contributed by atoms with Crippen LogP contribution < -0.4 is 0 Å². The van der Waals surface area contributed by atoms with Crippen LogP contribution in [0.5, 0.6) is 0 Å². The van der Waals surface area contributed by atoms with E-state index in [2.05, 4.69) is 9.97 Å². The highest BCUT2D eigenvalue weighted by Gasteiger charge is 2.12. The summed E-state index contributed by atoms with van der Waals surface area (Å²) in [6.45, 7) is 0. The number of carbonyl (C=O) groups is 1. The van der Waals surface area contributed by atoms with Crippen LogP contribution in [0.1, 0.15) is 16.1 Å². The largest absolute Gasteiger partial charge is 0.477 e. The summed E-state index contributed by atoms with van der Waals surface area (Å²) >= 11 is 1.35. The Morgan fingerprint density at radius 1 is 1.25 bits per heavy atom. The number of aromatic nitrogens is 2. The zero-order valence-electron chi connectivity index (χ0n) is 10.3. The summed E-state index contributed by atoms with van der Waals surface area (Å²) in [6.07, 6.45) is 1.47. The molecule has 5 nitrogen and oxygen atoms in total. The number of benzene rings is 1. The zero-order chi connectivity index (χ0) is 13.9. The quantitative estimate of drug-likeness (QED) is 0.742. The van der Waals surface area contributed by atoms with E-state index < -0.39 is 5.97 Å². The van der Waals surface area contributed by atoms with E-state index in [1.54, 1.807) is 12.1 Å². The van der Waals surface area contributed by atoms with Gasteiger partial charge < -0.3 is 9.52 Å². The number of nitrogens with zero attached hydrogens (tertiary/aromatic N) is 2. The van der Waals surface area contributed by atoms with Crippen LogP contribution in [0.2, 0.25) is 0 Å². The molecule has 0 aliphatic carbocycles. The van der Waals surface area contributed by atoms with Gasteiger partial charge in [-0.15, -0.1) is 0 Å². The number of aromatic carboxylic acids is 1. The van der Waals surface area contributed by atoms with Crippen LogP contribution in [0, 0.1) is 0 Å². The van der Waals surface area contributed by atoms with Crippen molar-refractivity contribution in [2.24, 2.45) is 0 Å². The molecular weight excluding hydrogens is 276 g/mol. The van der Waals surface area contributed by atoms with Crippen molar-refractivity contribution in [3.63, 3.8) is 0 Å². The SMILES string of the molecule is O=C(O)c1ncccc1CSc1nc2ccccc2o1. The predicted octanol–water partition coefficient (Wildman–Crippen LogP) is 3.21. The molecule has 0 aliphatic rings. The van der Waals surface area contributed by atoms with Gasteiger partial charge in [0.15, 0.2) is 11.3 Å². The van der Waals surface area contributed by atoms with Crippen molar-refractivity contribution in [3.05, 3.63) is 53.9 Å². The van der Waals surface area contributed by atoms with Crippen LogP contribution in [0.3, 0.4) is 0 Å². The maximum atomic E-state index is 11.1. The van der Waals surface area contributed by atoms with E-state index in [4.69, 9.17) is 9.52 Å². The lowest BCUT2D eigenvalue weighted by molar-refractivity contribution is 0.0689. The molecule has 1 aromatic carbocycles. The van der Waals surface area contributed by atoms with Gasteiger partial charge in [0.1, 0.15) is 5.52 Å². The van der Waals surface area contributed by atoms with Gasteiger partial charge in [-0.2, -0.15) is 0 Å². The van der Waals surface area contributed by atoms with E-state index >= 15 is 0 Å². The Balaban J connectivity index is 1.81. The number of rotatable bonds is 4. The molecule has 2 heterocycles. The Morgan fingerprint density at radius 2 is 2.10 bits per heavy atom. The average Bonchev–Trinajstić information content (AvgIpc) is 2.88. The van der Waals surface area contributed by atoms with Crippen molar-refractivity contribution in [2.75, 3.05) is 0 Å². The molecule has 0 spiro atoms. The molecule has 0 aliphatic heterocycles. The minimum atomic E-state index is -1.03. The number of para-hydroxylation sites is 2. The summed E-state index contributed by atoms with van der Waals surface area (Å²) in [5.41, 5.74) is 2.22. The molecule has 0 fully saturated rings. The first-order valence-electron chi connectivity index (χ1n) is 5.89. The fraction of sp³-hybridized carbons (Fsp3) is 0.0714. The van der Waals surface area contributed by atoms with Gasteiger partial charge in [0.25, 0.3) is 5.22 Å². The van der Waals surface area contributed by atoms with E-state index in [1.807, 2.05) is 24.3 Å². The van der Waals surface area contributed by atoms with Gasteiger partial charge in [-0.3, -0.25) is 0 Å². The molecule has 0 radical (unpaired) electrons. The Hall–Kier alpha value is -2.34. The third kappa shape index (κ3) is 2.50. The standard InChI is InChI=1S/C14H10N2O3S/c17-13(18)12-9(4-3-7-15-12)8-20-14-16-10-5-1-2-6-11(10)19-14/h1-7H,8H2,(H,17,18). The molecule has 0 bridgehead atoms. The maximum absolute atomic E-state index is 11.1. The molecule has 20 heavy (non-hydrogen) atoms. The lowest BCUT2D eigenvalue weighted by Crippen LogP contribution is -2.04. The van der Waals surface area contributed by atoms with Gasteiger partial charge in [0.05, 0.1) is 0 Å². The second-order valence-corrected chi connectivity index (χ2v) is 4.98. The van der Waals surface area contributed by atoms with E-state index in [0.717, 1.165) is 11.1 Å². The average molecular weight is 286 g/mol. The highest BCUT2D eigenvalue weighted by atomic mass is 32.2. The summed E-state index contributed by atoms with van der Waals surface area (Å²) in [6, 6.07) is 10.9. The Morgan fingerprint density at radius 3 is 2.90 bits per heavy atom. The lowest BCUT2D eigenvalue weighted by Gasteiger charge is -2.02. The number of hydrogen-bond acceptors (Lipinski definition) is 5. The van der Waals surface area contributed by atoms with Crippen molar-refractivity contribution >= 4 is 28.8 Å². The molecule has 6 heteroatoms. The molecule has 0 unspecified atom stereocenters. The Bertz CT molecular complexity index is 737. The lowest BCUT2D eigenvalue weighted by atomic mass is 10.2. The van der Waals surface area contributed by atoms with E-state index in [-0.39, 0.29) is 5.69 Å². The molecular formula is C14H10N2O3S. The number of thioether (sulfide) groups is 1. The molecule has 0 saturated heterocycles. The Kier molecular flexibility index (Phi) is 3.39. The van der Waals surface area contributed by atoms with Gasteiger partial charge in [-0.05, 0) is 23.8 Å². The molecule has 0 amide bonds. The first-order valence-corrected chi connectivity index (χ1v) is 6.88. The third-order valence-corrected chi connectivity index (χ3v) is 3.60. The normalized spacial score (nSPS) is 10.8. The Labute approximate surface area is 118 Å². The first kappa shape index (κ1) is 12.7. The molecule has 3 aromatic rings. The number of fused-ring (bicyclic) bond motifs is 1. The monoisotopic (exact) mass is 286 g/mol. The van der Waals surface area contributed by atoms with Crippen LogP contribution in [0.15, 0.2) is 52.2 Å². The number of pyridine rings is 1. The van der Waals surface area contributed by atoms with Crippen molar-refractivity contribution in [1.29, 1.82) is 0 Å². The van der Waals surface area contributed by atoms with Crippen LogP contribution >= 0.6 is 11.8 Å². The first-order chi connectivity index (χ1) is 9.74. The molecule has 0 saturated carbocycles. The van der Waals surface area contributed by atoms with Crippen LogP contribution in [0.4, 0.5) is 0 Å². The van der Waals surface area contributed by atoms with Gasteiger partial charge in [0, 0.05) is 11.9 Å². The molecule has 3 rings (SSSR count). The number of hydrogen-bond donors (Lipinski definition) is 1. The van der Waals surface area contributed by atoms with E-state index in [1.165, 1.54) is 18.0 Å². The highest BCUT2D eigenvalue weighted by molar-refractivity contribution is 7.98. The maximum Gasteiger partial charge on any atom is 0.354 e. The summed E-state index contributed by atoms with van der Waals surface area (Å²) in [5.74, 6) is -0.582. The molecule has 1 N–H and O–H groups in total. The number of oxazole rings is 1. The third-order valence-electron chi connectivity index (χ3n) is 2.72. The summed E-state index contributed by atoms with van der Waals surface area (Å²) in [5, 5.41) is 9.59. The number of carboxylic acid groups (broad SMARTS) is 1. The van der Waals surface area contributed by atoms with Gasteiger partial charge in [-0.1, -0.05) is 30.0 Å². The molecule has 2 aromatic heterocycles. The zero-order valence-corrected chi connectivity index (χ0v) is 11.1. The van der Waals surface area contributed by atoms with Gasteiger partial charge in [0.2, 0.25) is 0 Å². The van der Waals surface area contributed by atoms with Crippen molar-refractivity contribution < 1.29 is 14.3 Å².